The van der Waals surface area contributed by atoms with Crippen molar-refractivity contribution in [3.63, 3.8) is 0 Å². The zero-order valence-corrected chi connectivity index (χ0v) is 12.7. The average molecular weight is 327 g/mol. The largest absolute Gasteiger partial charge is 0.478 e. The molecule has 6 heteroatoms. The molecule has 0 aromatic heterocycles. The van der Waals surface area contributed by atoms with Crippen molar-refractivity contribution in [1.82, 2.24) is 0 Å². The van der Waals surface area contributed by atoms with Crippen LogP contribution in [-0.4, -0.2) is 19.5 Å². The van der Waals surface area contributed by atoms with Crippen molar-refractivity contribution in [3.05, 3.63) is 72.3 Å². The lowest BCUT2D eigenvalue weighted by Crippen LogP contribution is -2.15. The van der Waals surface area contributed by atoms with Crippen LogP contribution in [0, 0.1) is 0 Å². The maximum Gasteiger partial charge on any atom is 0.337 e. The molecule has 0 aliphatic rings. The molecule has 23 heavy (non-hydrogen) atoms. The summed E-state index contributed by atoms with van der Waals surface area (Å²) in [4.78, 5) is 11.3. The van der Waals surface area contributed by atoms with Crippen molar-refractivity contribution < 1.29 is 18.3 Å². The highest BCUT2D eigenvalue weighted by Crippen LogP contribution is 2.26. The number of aromatic carboxylic acids is 1. The lowest BCUT2D eigenvalue weighted by Gasteiger charge is -2.12. The fraction of sp³-hybridized carbons (Fsp3) is 0. The van der Waals surface area contributed by atoms with E-state index < -0.39 is 16.0 Å². The van der Waals surface area contributed by atoms with Gasteiger partial charge in [0.05, 0.1) is 16.1 Å². The number of benzene rings is 3. The summed E-state index contributed by atoms with van der Waals surface area (Å²) in [5.41, 5.74) is -0.0655. The Bertz CT molecular complexity index is 991. The Morgan fingerprint density at radius 3 is 2.30 bits per heavy atom. The van der Waals surface area contributed by atoms with Crippen LogP contribution < -0.4 is 4.72 Å². The topological polar surface area (TPSA) is 83.5 Å². The van der Waals surface area contributed by atoms with Gasteiger partial charge in [0.15, 0.2) is 0 Å². The standard InChI is InChI=1S/C17H13NO4S/c19-17(20)14-9-3-4-10-15(14)18-23(21,22)16-11-5-7-12-6-1-2-8-13(12)16/h1-11,18H,(H,19,20). The molecular formula is C17H13NO4S. The second-order valence-electron chi connectivity index (χ2n) is 4.93. The third-order valence-electron chi connectivity index (χ3n) is 3.44. The van der Waals surface area contributed by atoms with Gasteiger partial charge in [0.1, 0.15) is 0 Å². The lowest BCUT2D eigenvalue weighted by molar-refractivity contribution is 0.0698. The van der Waals surface area contributed by atoms with Gasteiger partial charge in [0, 0.05) is 5.39 Å². The van der Waals surface area contributed by atoms with E-state index in [9.17, 15) is 18.3 Å². The Morgan fingerprint density at radius 1 is 0.870 bits per heavy atom. The summed E-state index contributed by atoms with van der Waals surface area (Å²) in [6, 6.07) is 18.0. The molecule has 3 aromatic rings. The molecule has 0 radical (unpaired) electrons. The number of rotatable bonds is 4. The van der Waals surface area contributed by atoms with Crippen LogP contribution in [0.15, 0.2) is 71.6 Å². The van der Waals surface area contributed by atoms with E-state index in [1.807, 2.05) is 18.2 Å². The number of hydrogen-bond donors (Lipinski definition) is 2. The van der Waals surface area contributed by atoms with Gasteiger partial charge in [-0.05, 0) is 23.6 Å². The van der Waals surface area contributed by atoms with E-state index in [2.05, 4.69) is 4.72 Å². The highest BCUT2D eigenvalue weighted by atomic mass is 32.2. The first-order valence-electron chi connectivity index (χ1n) is 6.82. The van der Waals surface area contributed by atoms with Gasteiger partial charge in [-0.1, -0.05) is 48.5 Å². The number of fused-ring (bicyclic) bond motifs is 1. The highest BCUT2D eigenvalue weighted by molar-refractivity contribution is 7.93. The molecule has 0 saturated carbocycles. The molecule has 0 bridgehead atoms. The van der Waals surface area contributed by atoms with Crippen LogP contribution in [0.4, 0.5) is 5.69 Å². The van der Waals surface area contributed by atoms with Crippen LogP contribution in [0.25, 0.3) is 10.8 Å². The number of carboxylic acids is 1. The highest BCUT2D eigenvalue weighted by Gasteiger charge is 2.20. The number of carbonyl (C=O) groups is 1. The van der Waals surface area contributed by atoms with Crippen molar-refractivity contribution in [3.8, 4) is 0 Å². The first-order chi connectivity index (χ1) is 11.0. The van der Waals surface area contributed by atoms with E-state index in [1.165, 1.54) is 18.2 Å². The number of carboxylic acid groups (broad SMARTS) is 1. The summed E-state index contributed by atoms with van der Waals surface area (Å²) < 4.78 is 27.7. The molecule has 0 atom stereocenters. The Morgan fingerprint density at radius 2 is 1.52 bits per heavy atom. The molecular weight excluding hydrogens is 314 g/mol. The first-order valence-corrected chi connectivity index (χ1v) is 8.30. The van der Waals surface area contributed by atoms with Gasteiger partial charge in [-0.3, -0.25) is 4.72 Å². The van der Waals surface area contributed by atoms with E-state index in [0.29, 0.717) is 5.39 Å². The van der Waals surface area contributed by atoms with Crippen LogP contribution in [0.1, 0.15) is 10.4 Å². The van der Waals surface area contributed by atoms with Gasteiger partial charge in [-0.15, -0.1) is 0 Å². The molecule has 0 unspecified atom stereocenters. The van der Waals surface area contributed by atoms with Crippen LogP contribution >= 0.6 is 0 Å². The molecule has 3 aromatic carbocycles. The summed E-state index contributed by atoms with van der Waals surface area (Å²) >= 11 is 0. The van der Waals surface area contributed by atoms with Crippen molar-refractivity contribution in [1.29, 1.82) is 0 Å². The third kappa shape index (κ3) is 2.89. The van der Waals surface area contributed by atoms with Gasteiger partial charge in [0.25, 0.3) is 10.0 Å². The second kappa shape index (κ2) is 5.73. The fourth-order valence-electron chi connectivity index (χ4n) is 2.39. The van der Waals surface area contributed by atoms with Crippen molar-refractivity contribution >= 4 is 32.5 Å². The predicted octanol–water partition coefficient (Wildman–Crippen LogP) is 3.34. The Hall–Kier alpha value is -2.86. The van der Waals surface area contributed by atoms with Gasteiger partial charge < -0.3 is 5.11 Å². The number of sulfonamides is 1. The summed E-state index contributed by atoms with van der Waals surface area (Å²) in [5.74, 6) is -1.19. The molecule has 0 aliphatic carbocycles. The number of para-hydroxylation sites is 1. The minimum absolute atomic E-state index is 0.0351. The van der Waals surface area contributed by atoms with Crippen molar-refractivity contribution in [2.45, 2.75) is 4.90 Å². The minimum atomic E-state index is -3.91. The molecule has 116 valence electrons. The third-order valence-corrected chi connectivity index (χ3v) is 4.86. The first kappa shape index (κ1) is 15.1. The van der Waals surface area contributed by atoms with Crippen LogP contribution in [0.5, 0.6) is 0 Å². The molecule has 0 spiro atoms. The van der Waals surface area contributed by atoms with Crippen LogP contribution in [0.2, 0.25) is 0 Å². The van der Waals surface area contributed by atoms with Crippen LogP contribution in [-0.2, 0) is 10.0 Å². The van der Waals surface area contributed by atoms with E-state index in [-0.39, 0.29) is 16.1 Å². The van der Waals surface area contributed by atoms with E-state index in [0.717, 1.165) is 5.39 Å². The molecule has 5 nitrogen and oxygen atoms in total. The maximum atomic E-state index is 12.7. The van der Waals surface area contributed by atoms with E-state index >= 15 is 0 Å². The fourth-order valence-corrected chi connectivity index (χ4v) is 3.70. The van der Waals surface area contributed by atoms with Gasteiger partial charge in [-0.2, -0.15) is 0 Å². The number of anilines is 1. The summed E-state index contributed by atoms with van der Waals surface area (Å²) in [6.45, 7) is 0. The average Bonchev–Trinajstić information content (AvgIpc) is 2.54. The monoisotopic (exact) mass is 327 g/mol. The summed E-state index contributed by atoms with van der Waals surface area (Å²) in [7, 11) is -3.91. The van der Waals surface area contributed by atoms with Crippen molar-refractivity contribution in [2.24, 2.45) is 0 Å². The predicted molar refractivity (Wildman–Crippen MR) is 88.2 cm³/mol. The molecule has 3 rings (SSSR count). The van der Waals surface area contributed by atoms with Gasteiger partial charge in [-0.25, -0.2) is 13.2 Å². The zero-order chi connectivity index (χ0) is 16.4. The van der Waals surface area contributed by atoms with Gasteiger partial charge in [0.2, 0.25) is 0 Å². The Labute approximate surface area is 133 Å². The van der Waals surface area contributed by atoms with Gasteiger partial charge >= 0.3 is 5.97 Å². The smallest absolute Gasteiger partial charge is 0.337 e. The van der Waals surface area contributed by atoms with Crippen LogP contribution in [0.3, 0.4) is 0 Å². The normalized spacial score (nSPS) is 11.3. The maximum absolute atomic E-state index is 12.7. The van der Waals surface area contributed by atoms with Crippen molar-refractivity contribution in [2.75, 3.05) is 4.72 Å². The molecule has 0 heterocycles. The summed E-state index contributed by atoms with van der Waals surface area (Å²) in [6.07, 6.45) is 0. The molecule has 0 amide bonds. The summed E-state index contributed by atoms with van der Waals surface area (Å²) in [5, 5.41) is 10.5. The second-order valence-corrected chi connectivity index (χ2v) is 6.58. The number of hydrogen-bond acceptors (Lipinski definition) is 3. The number of nitrogens with one attached hydrogen (secondary N) is 1. The molecule has 2 N–H and O–H groups in total. The Balaban J connectivity index is 2.11. The lowest BCUT2D eigenvalue weighted by atomic mass is 10.1. The molecule has 0 fully saturated rings. The zero-order valence-electron chi connectivity index (χ0n) is 11.9. The van der Waals surface area contributed by atoms with E-state index in [4.69, 9.17) is 0 Å². The SMILES string of the molecule is O=C(O)c1ccccc1NS(=O)(=O)c1cccc2ccccc12. The Kier molecular flexibility index (Phi) is 3.75. The molecule has 0 saturated heterocycles. The minimum Gasteiger partial charge on any atom is -0.478 e. The van der Waals surface area contributed by atoms with E-state index in [1.54, 1.807) is 30.3 Å². The quantitative estimate of drug-likeness (QED) is 0.770. The molecule has 0 aliphatic heterocycles.